The minimum Gasteiger partial charge on any atom is -0.485 e. The first kappa shape index (κ1) is 25.5. The molecule has 0 bridgehead atoms. The van der Waals surface area contributed by atoms with Gasteiger partial charge in [0.1, 0.15) is 12.7 Å². The monoisotopic (exact) mass is 497 g/mol. The van der Waals surface area contributed by atoms with E-state index in [1.807, 2.05) is 37.3 Å². The Bertz CT molecular complexity index is 1210. The second kappa shape index (κ2) is 11.4. The average Bonchev–Trinajstić information content (AvgIpc) is 3.31. The molecule has 1 atom stereocenters. The topological polar surface area (TPSA) is 73.7 Å². The molecule has 1 aliphatic heterocycles. The number of morpholine rings is 1. The van der Waals surface area contributed by atoms with Gasteiger partial charge in [-0.05, 0) is 30.7 Å². The number of hydrogen-bond acceptors (Lipinski definition) is 5. The lowest BCUT2D eigenvalue weighted by atomic mass is 10.1. The van der Waals surface area contributed by atoms with Crippen LogP contribution in [0, 0.1) is 11.6 Å². The number of rotatable bonds is 9. The van der Waals surface area contributed by atoms with E-state index in [1.165, 1.54) is 0 Å². The molecule has 9 heteroatoms. The van der Waals surface area contributed by atoms with Crippen LogP contribution < -0.4 is 4.74 Å². The zero-order valence-electron chi connectivity index (χ0n) is 20.4. The van der Waals surface area contributed by atoms with Crippen molar-refractivity contribution in [1.29, 1.82) is 0 Å². The standard InChI is InChI=1S/C27H29F2N3O4/c1-3-8-24-21(15-30-32(24)19-9-6-5-7-10-19)27(34)31-11-12-35-20(16-31)17-36-26-22(28)13-18(14-23(26)29)25(33)4-2/h5-7,9-10,13-15,20H,3-4,8,11-12,16-17H2,1-2H3. The van der Waals surface area contributed by atoms with Gasteiger partial charge in [-0.1, -0.05) is 38.5 Å². The molecule has 1 fully saturated rings. The summed E-state index contributed by atoms with van der Waals surface area (Å²) in [4.78, 5) is 26.8. The lowest BCUT2D eigenvalue weighted by molar-refractivity contribution is -0.0411. The molecule has 0 saturated carbocycles. The summed E-state index contributed by atoms with van der Waals surface area (Å²) in [5.41, 5.74) is 2.20. The van der Waals surface area contributed by atoms with Gasteiger partial charge in [0.05, 0.1) is 36.3 Å². The van der Waals surface area contributed by atoms with Crippen molar-refractivity contribution in [2.45, 2.75) is 39.2 Å². The first-order valence-corrected chi connectivity index (χ1v) is 12.1. The smallest absolute Gasteiger partial charge is 0.257 e. The predicted molar refractivity (Wildman–Crippen MR) is 130 cm³/mol. The van der Waals surface area contributed by atoms with E-state index in [9.17, 15) is 18.4 Å². The van der Waals surface area contributed by atoms with Gasteiger partial charge >= 0.3 is 0 Å². The summed E-state index contributed by atoms with van der Waals surface area (Å²) in [7, 11) is 0. The van der Waals surface area contributed by atoms with Crippen LogP contribution in [-0.2, 0) is 11.2 Å². The van der Waals surface area contributed by atoms with E-state index in [1.54, 1.807) is 22.7 Å². The molecule has 0 aliphatic carbocycles. The molecule has 2 heterocycles. The Kier molecular flexibility index (Phi) is 8.10. The molecule has 0 spiro atoms. The van der Waals surface area contributed by atoms with Crippen molar-refractivity contribution in [3.63, 3.8) is 0 Å². The van der Waals surface area contributed by atoms with Gasteiger partial charge in [0.15, 0.2) is 23.2 Å². The largest absolute Gasteiger partial charge is 0.485 e. The van der Waals surface area contributed by atoms with Crippen molar-refractivity contribution >= 4 is 11.7 Å². The van der Waals surface area contributed by atoms with Crippen LogP contribution in [0.2, 0.25) is 0 Å². The van der Waals surface area contributed by atoms with Gasteiger partial charge in [-0.2, -0.15) is 5.10 Å². The van der Waals surface area contributed by atoms with Crippen LogP contribution in [0.4, 0.5) is 8.78 Å². The number of nitrogens with zero attached hydrogens (tertiary/aromatic N) is 3. The molecule has 1 aliphatic rings. The van der Waals surface area contributed by atoms with Gasteiger partial charge in [-0.15, -0.1) is 0 Å². The summed E-state index contributed by atoms with van der Waals surface area (Å²) in [6, 6.07) is 11.6. The van der Waals surface area contributed by atoms with Crippen molar-refractivity contribution < 1.29 is 27.8 Å². The van der Waals surface area contributed by atoms with Gasteiger partial charge in [0, 0.05) is 18.5 Å². The van der Waals surface area contributed by atoms with Crippen LogP contribution in [0.5, 0.6) is 5.75 Å². The SMILES string of the molecule is CCCc1c(C(=O)N2CCOC(COc3c(F)cc(C(=O)CC)cc3F)C2)cnn1-c1ccccc1. The number of hydrogen-bond donors (Lipinski definition) is 0. The Morgan fingerprint density at radius 1 is 1.14 bits per heavy atom. The maximum atomic E-state index is 14.4. The van der Waals surface area contributed by atoms with Crippen LogP contribution in [0.15, 0.2) is 48.7 Å². The highest BCUT2D eigenvalue weighted by Gasteiger charge is 2.29. The molecule has 1 aromatic heterocycles. The fourth-order valence-corrected chi connectivity index (χ4v) is 4.24. The minimum absolute atomic E-state index is 0.0375. The number of benzene rings is 2. The number of para-hydroxylation sites is 1. The summed E-state index contributed by atoms with van der Waals surface area (Å²) in [6.07, 6.45) is 2.69. The quantitative estimate of drug-likeness (QED) is 0.404. The van der Waals surface area contributed by atoms with E-state index in [0.717, 1.165) is 29.9 Å². The van der Waals surface area contributed by atoms with E-state index in [0.29, 0.717) is 18.5 Å². The molecule has 190 valence electrons. The van der Waals surface area contributed by atoms with Gasteiger partial charge in [-0.3, -0.25) is 9.59 Å². The second-order valence-electron chi connectivity index (χ2n) is 8.60. The van der Waals surface area contributed by atoms with Gasteiger partial charge in [0.25, 0.3) is 5.91 Å². The summed E-state index contributed by atoms with van der Waals surface area (Å²) in [5, 5.41) is 4.47. The summed E-state index contributed by atoms with van der Waals surface area (Å²) in [5.74, 6) is -3.00. The normalized spacial score (nSPS) is 15.7. The van der Waals surface area contributed by atoms with Crippen molar-refractivity contribution in [1.82, 2.24) is 14.7 Å². The molecule has 0 radical (unpaired) electrons. The van der Waals surface area contributed by atoms with E-state index >= 15 is 0 Å². The van der Waals surface area contributed by atoms with Crippen molar-refractivity contribution in [3.05, 3.63) is 77.1 Å². The molecular weight excluding hydrogens is 468 g/mol. The highest BCUT2D eigenvalue weighted by molar-refractivity contribution is 5.96. The molecule has 4 rings (SSSR count). The van der Waals surface area contributed by atoms with E-state index in [4.69, 9.17) is 9.47 Å². The molecule has 1 saturated heterocycles. The van der Waals surface area contributed by atoms with Crippen LogP contribution in [0.25, 0.3) is 5.69 Å². The van der Waals surface area contributed by atoms with Crippen LogP contribution in [-0.4, -0.2) is 58.8 Å². The lowest BCUT2D eigenvalue weighted by Gasteiger charge is -2.33. The maximum Gasteiger partial charge on any atom is 0.257 e. The zero-order chi connectivity index (χ0) is 25.7. The number of amides is 1. The highest BCUT2D eigenvalue weighted by Crippen LogP contribution is 2.25. The Balaban J connectivity index is 1.46. The molecule has 7 nitrogen and oxygen atoms in total. The summed E-state index contributed by atoms with van der Waals surface area (Å²) >= 11 is 0. The molecule has 3 aromatic rings. The molecule has 1 unspecified atom stereocenters. The maximum absolute atomic E-state index is 14.4. The van der Waals surface area contributed by atoms with Crippen molar-refractivity contribution in [3.8, 4) is 11.4 Å². The average molecular weight is 498 g/mol. The number of ketones is 1. The van der Waals surface area contributed by atoms with E-state index in [2.05, 4.69) is 5.10 Å². The van der Waals surface area contributed by atoms with E-state index < -0.39 is 23.5 Å². The van der Waals surface area contributed by atoms with Crippen LogP contribution in [0.1, 0.15) is 53.1 Å². The van der Waals surface area contributed by atoms with Gasteiger partial charge in [0.2, 0.25) is 0 Å². The number of ether oxygens (including phenoxy) is 2. The first-order valence-electron chi connectivity index (χ1n) is 12.1. The summed E-state index contributed by atoms with van der Waals surface area (Å²) in [6.45, 7) is 4.37. The third kappa shape index (κ3) is 5.46. The molecule has 36 heavy (non-hydrogen) atoms. The Morgan fingerprint density at radius 2 is 1.86 bits per heavy atom. The highest BCUT2D eigenvalue weighted by atomic mass is 19.1. The van der Waals surface area contributed by atoms with E-state index in [-0.39, 0.29) is 43.4 Å². The fraction of sp³-hybridized carbons (Fsp3) is 0.370. The first-order chi connectivity index (χ1) is 17.4. The molecule has 0 N–H and O–H groups in total. The fourth-order valence-electron chi connectivity index (χ4n) is 4.24. The second-order valence-corrected chi connectivity index (χ2v) is 8.60. The van der Waals surface area contributed by atoms with Gasteiger partial charge in [-0.25, -0.2) is 13.5 Å². The lowest BCUT2D eigenvalue weighted by Crippen LogP contribution is -2.47. The third-order valence-electron chi connectivity index (χ3n) is 6.07. The molecular formula is C27H29F2N3O4. The molecule has 2 aromatic carbocycles. The Labute approximate surface area is 208 Å². The molecule has 1 amide bonds. The van der Waals surface area contributed by atoms with Crippen LogP contribution >= 0.6 is 0 Å². The zero-order valence-corrected chi connectivity index (χ0v) is 20.4. The minimum atomic E-state index is -0.951. The summed E-state index contributed by atoms with van der Waals surface area (Å²) < 4.78 is 41.7. The number of carbonyl (C=O) groups excluding carboxylic acids is 2. The number of aromatic nitrogens is 2. The third-order valence-corrected chi connectivity index (χ3v) is 6.07. The van der Waals surface area contributed by atoms with Crippen LogP contribution in [0.3, 0.4) is 0 Å². The van der Waals surface area contributed by atoms with Crippen molar-refractivity contribution in [2.24, 2.45) is 0 Å². The van der Waals surface area contributed by atoms with Gasteiger partial charge < -0.3 is 14.4 Å². The predicted octanol–water partition coefficient (Wildman–Crippen LogP) is 4.62. The number of Topliss-reactive ketones (excluding diaryl/α,β-unsaturated/α-hetero) is 1. The van der Waals surface area contributed by atoms with Crippen molar-refractivity contribution in [2.75, 3.05) is 26.3 Å². The number of halogens is 2. The Morgan fingerprint density at radius 3 is 2.53 bits per heavy atom. The number of carbonyl (C=O) groups is 2. The Hall–Kier alpha value is -3.59.